The van der Waals surface area contributed by atoms with Crippen LogP contribution in [0, 0.1) is 11.8 Å². The van der Waals surface area contributed by atoms with Crippen molar-refractivity contribution in [2.45, 2.75) is 6.92 Å². The zero-order valence-electron chi connectivity index (χ0n) is 16.0. The fourth-order valence-corrected chi connectivity index (χ4v) is 2.46. The van der Waals surface area contributed by atoms with Crippen molar-refractivity contribution in [3.63, 3.8) is 0 Å². The van der Waals surface area contributed by atoms with Gasteiger partial charge in [0.25, 0.3) is 4.92 Å². The Morgan fingerprint density at radius 3 is 2.40 bits per heavy atom. The monoisotopic (exact) mass is 407 g/mol. The van der Waals surface area contributed by atoms with Crippen LogP contribution < -0.4 is 16.5 Å². The Balaban J connectivity index is 1.64. The topological polar surface area (TPSA) is 123 Å². The van der Waals surface area contributed by atoms with Crippen molar-refractivity contribution in [2.75, 3.05) is 16.5 Å². The van der Waals surface area contributed by atoms with E-state index in [1.165, 1.54) is 18.2 Å². The summed E-state index contributed by atoms with van der Waals surface area (Å²) in [6.45, 7) is 1.74. The fraction of sp³-hybridized carbons (Fsp3) is 0.0476. The summed E-state index contributed by atoms with van der Waals surface area (Å²) >= 11 is 0. The van der Waals surface area contributed by atoms with Gasteiger partial charge in [0.1, 0.15) is 0 Å². The van der Waals surface area contributed by atoms with Crippen LogP contribution in [0.1, 0.15) is 15.9 Å². The average Bonchev–Trinajstić information content (AvgIpc) is 2.73. The quantitative estimate of drug-likeness (QED) is 0.410. The molecule has 152 valence electrons. The molecule has 1 amide bonds. The van der Waals surface area contributed by atoms with Gasteiger partial charge in [0.15, 0.2) is 0 Å². The van der Waals surface area contributed by atoms with Crippen molar-refractivity contribution in [3.8, 4) is 0 Å². The largest absolute Gasteiger partial charge is 0.485 e. The summed E-state index contributed by atoms with van der Waals surface area (Å²) in [7, 11) is 0. The third-order valence-electron chi connectivity index (χ3n) is 4.05. The summed E-state index contributed by atoms with van der Waals surface area (Å²) in [5, 5.41) is 2.43. The third kappa shape index (κ3) is 5.10. The van der Waals surface area contributed by atoms with Crippen molar-refractivity contribution >= 4 is 34.8 Å². The number of hydrogen-bond donors (Lipinski definition) is 3. The molecule has 4 N–H and O–H groups in total. The van der Waals surface area contributed by atoms with E-state index < -0.39 is 12.1 Å². The minimum Gasteiger partial charge on any atom is -0.398 e. The highest BCUT2D eigenvalue weighted by Crippen LogP contribution is 2.23. The number of aryl methyl sites for hydroxylation is 1. The molecule has 3 rings (SSSR count). The number of anilines is 3. The third-order valence-corrected chi connectivity index (χ3v) is 4.05. The molecule has 0 aromatic heterocycles. The van der Waals surface area contributed by atoms with Crippen LogP contribution in [0.15, 0.2) is 72.8 Å². The molecule has 0 saturated carbocycles. The van der Waals surface area contributed by atoms with Gasteiger partial charge in [-0.2, -0.15) is 0 Å². The first-order chi connectivity index (χ1) is 14.4. The van der Waals surface area contributed by atoms with Gasteiger partial charge in [-0.15, -0.1) is 4.84 Å². The average molecular weight is 407 g/mol. The van der Waals surface area contributed by atoms with Crippen LogP contribution in [-0.2, 0) is 9.68 Å². The van der Waals surface area contributed by atoms with Gasteiger partial charge in [-0.3, -0.25) is 5.32 Å². The number of nitrogens with zero attached hydrogens (tertiary/aromatic N) is 1. The highest BCUT2D eigenvalue weighted by atomic mass is 16.8. The molecule has 0 saturated heterocycles. The predicted molar refractivity (Wildman–Crippen MR) is 111 cm³/mol. The Kier molecular flexibility index (Phi) is 6.23. The van der Waals surface area contributed by atoms with E-state index in [0.717, 1.165) is 0 Å². The number of amides is 1. The lowest BCUT2D eigenvalue weighted by molar-refractivity contribution is -0.713. The number of carbonyl (C=O) groups excluding carboxylic acids is 2. The first-order valence-electron chi connectivity index (χ1n) is 8.87. The van der Waals surface area contributed by atoms with Crippen LogP contribution in [0.5, 0.6) is 0 Å². The van der Waals surface area contributed by atoms with E-state index in [1.807, 2.05) is 0 Å². The highest BCUT2D eigenvalue weighted by Gasteiger charge is 2.23. The normalized spacial score (nSPS) is 10.0. The second-order valence-electron chi connectivity index (χ2n) is 6.20. The molecular weight excluding hydrogens is 388 g/mol. The first-order valence-corrected chi connectivity index (χ1v) is 8.87. The van der Waals surface area contributed by atoms with Gasteiger partial charge < -0.3 is 10.6 Å². The number of rotatable bonds is 6. The molecule has 0 radical (unpaired) electrons. The van der Waals surface area contributed by atoms with Gasteiger partial charge in [-0.05, 0) is 36.8 Å². The molecule has 0 heterocycles. The Labute approximate surface area is 171 Å². The zero-order chi connectivity index (χ0) is 21.5. The molecule has 3 aromatic rings. The van der Waals surface area contributed by atoms with Crippen molar-refractivity contribution in [1.82, 2.24) is 0 Å². The van der Waals surface area contributed by atoms with Crippen LogP contribution >= 0.6 is 0 Å². The zero-order valence-corrected chi connectivity index (χ0v) is 16.0. The molecule has 0 bridgehead atoms. The van der Waals surface area contributed by atoms with E-state index in [1.54, 1.807) is 61.5 Å². The molecule has 30 heavy (non-hydrogen) atoms. The minimum atomic E-state index is -0.947. The number of benzene rings is 3. The number of nitrogens with two attached hydrogens (primary N) is 1. The Morgan fingerprint density at radius 1 is 0.967 bits per heavy atom. The van der Waals surface area contributed by atoms with Gasteiger partial charge in [0.05, 0.1) is 16.2 Å². The first kappa shape index (κ1) is 20.3. The van der Waals surface area contributed by atoms with Crippen molar-refractivity contribution in [1.29, 1.82) is 0 Å². The summed E-state index contributed by atoms with van der Waals surface area (Å²) in [6.07, 6.45) is -0.947. The summed E-state index contributed by atoms with van der Waals surface area (Å²) in [4.78, 5) is 46.1. The van der Waals surface area contributed by atoms with E-state index in [9.17, 15) is 14.5 Å². The Morgan fingerprint density at radius 2 is 1.67 bits per heavy atom. The Hall–Kier alpha value is -4.40. The minimum absolute atomic E-state index is 0.0154. The molecule has 3 aromatic carbocycles. The van der Waals surface area contributed by atoms with E-state index in [-0.39, 0.29) is 21.9 Å². The van der Waals surface area contributed by atoms with Crippen LogP contribution in [0.3, 0.4) is 0 Å². The van der Waals surface area contributed by atoms with Crippen LogP contribution in [0.4, 0.5) is 27.5 Å². The molecule has 9 nitrogen and oxygen atoms in total. The van der Waals surface area contributed by atoms with Gasteiger partial charge in [0, 0.05) is 23.5 Å². The number of para-hydroxylation sites is 2. The second-order valence-corrected chi connectivity index (χ2v) is 6.20. The van der Waals surface area contributed by atoms with Gasteiger partial charge >= 0.3 is 17.7 Å². The van der Waals surface area contributed by atoms with E-state index in [4.69, 9.17) is 15.4 Å². The molecule has 0 atom stereocenters. The molecule has 0 fully saturated rings. The lowest BCUT2D eigenvalue weighted by Gasteiger charge is -2.10. The highest BCUT2D eigenvalue weighted by molar-refractivity contribution is 5.95. The smallest absolute Gasteiger partial charge is 0.398 e. The summed E-state index contributed by atoms with van der Waals surface area (Å²) < 4.78 is 0. The predicted octanol–water partition coefficient (Wildman–Crippen LogP) is 4.34. The summed E-state index contributed by atoms with van der Waals surface area (Å²) in [6, 6.07) is 19.4. The lowest BCUT2D eigenvalue weighted by Crippen LogP contribution is -2.18. The molecule has 0 spiro atoms. The Bertz CT molecular complexity index is 1090. The maximum absolute atomic E-state index is 12.2. The number of nitrogens with one attached hydrogen (secondary N) is 2. The summed E-state index contributed by atoms with van der Waals surface area (Å²) in [5.74, 6) is -0.685. The number of carbonyl (C=O) groups is 2. The molecule has 0 aliphatic rings. The lowest BCUT2D eigenvalue weighted by atomic mass is 10.2. The molecule has 0 aliphatic heterocycles. The molecule has 0 unspecified atom stereocenters. The SMILES string of the molecule is Cc1ccc([N+](=O)OC(=O)Nc2ccccc2)cc1NOC(=O)c1ccccc1N. The van der Waals surface area contributed by atoms with Gasteiger partial charge in [-0.25, -0.2) is 15.1 Å². The van der Waals surface area contributed by atoms with Crippen LogP contribution in [0.25, 0.3) is 0 Å². The van der Waals surface area contributed by atoms with Gasteiger partial charge in [0.2, 0.25) is 0 Å². The molecule has 9 heteroatoms. The maximum atomic E-state index is 12.2. The molecular formula is C21H19N4O5+. The van der Waals surface area contributed by atoms with Gasteiger partial charge in [-0.1, -0.05) is 36.4 Å². The number of nitrogen functional groups attached to an aromatic ring is 1. The second kappa shape index (κ2) is 9.20. The summed E-state index contributed by atoms with van der Waals surface area (Å²) in [5.41, 5.74) is 10.3. The maximum Gasteiger partial charge on any atom is 0.485 e. The van der Waals surface area contributed by atoms with Crippen molar-refractivity contribution in [3.05, 3.63) is 88.8 Å². The fourth-order valence-electron chi connectivity index (χ4n) is 2.46. The molecule has 0 aliphatic carbocycles. The number of hydrogen-bond acceptors (Lipinski definition) is 7. The van der Waals surface area contributed by atoms with Crippen molar-refractivity contribution in [2.24, 2.45) is 0 Å². The van der Waals surface area contributed by atoms with E-state index in [0.29, 0.717) is 16.9 Å². The van der Waals surface area contributed by atoms with Crippen LogP contribution in [0.2, 0.25) is 0 Å². The van der Waals surface area contributed by atoms with Crippen LogP contribution in [-0.4, -0.2) is 17.0 Å². The van der Waals surface area contributed by atoms with E-state index >= 15 is 0 Å². The van der Waals surface area contributed by atoms with E-state index in [2.05, 4.69) is 10.8 Å². The van der Waals surface area contributed by atoms with Crippen molar-refractivity contribution < 1.29 is 24.2 Å². The standard InChI is InChI=1S/C21H18N4O5/c1-14-11-12-16(25(28)30-21(27)23-15-7-3-2-4-8-15)13-19(14)24-29-20(26)17-9-5-6-10-18(17)22/h2-13,24H,1H3,(H2-,22,23,26,27)/p+1.